The summed E-state index contributed by atoms with van der Waals surface area (Å²) >= 11 is 0. The van der Waals surface area contributed by atoms with E-state index in [2.05, 4.69) is 20.8 Å². The normalized spacial score (nSPS) is 48.2. The molecule has 0 radical (unpaired) electrons. The van der Waals surface area contributed by atoms with Crippen molar-refractivity contribution in [2.75, 3.05) is 0 Å². The van der Waals surface area contributed by atoms with Crippen molar-refractivity contribution in [3.8, 4) is 0 Å². The molecule has 4 atom stereocenters. The Kier molecular flexibility index (Phi) is 3.96. The fourth-order valence-corrected chi connectivity index (χ4v) is 3.51. The van der Waals surface area contributed by atoms with Crippen molar-refractivity contribution in [2.45, 2.75) is 45.7 Å². The molecule has 0 heterocycles. The lowest BCUT2D eigenvalue weighted by Crippen LogP contribution is -2.50. The van der Waals surface area contributed by atoms with Gasteiger partial charge in [0.25, 0.3) is 0 Å². The van der Waals surface area contributed by atoms with E-state index in [-0.39, 0.29) is 42.3 Å². The summed E-state index contributed by atoms with van der Waals surface area (Å²) in [6.45, 7) is 6.97. The Morgan fingerprint density at radius 2 is 1.57 bits per heavy atom. The minimum Gasteiger partial charge on any atom is -0.326 e. The van der Waals surface area contributed by atoms with Gasteiger partial charge in [0.1, 0.15) is 0 Å². The van der Waals surface area contributed by atoms with Gasteiger partial charge in [0, 0.05) is 12.1 Å². The van der Waals surface area contributed by atoms with Crippen LogP contribution in [0, 0.1) is 16.7 Å². The molecule has 86 valence electrons. The molecule has 2 bridgehead atoms. The molecule has 0 aliphatic heterocycles. The van der Waals surface area contributed by atoms with Crippen molar-refractivity contribution in [1.82, 2.24) is 0 Å². The predicted molar refractivity (Wildman–Crippen MR) is 65.1 cm³/mol. The summed E-state index contributed by atoms with van der Waals surface area (Å²) in [5.41, 5.74) is 12.9. The summed E-state index contributed by atoms with van der Waals surface area (Å²) in [5.74, 6) is 0.650. The number of halogens is 2. The first kappa shape index (κ1) is 14.5. The van der Waals surface area contributed by atoms with Crippen LogP contribution < -0.4 is 11.5 Å². The molecule has 0 aromatic carbocycles. The van der Waals surface area contributed by atoms with Gasteiger partial charge in [-0.05, 0) is 29.6 Å². The van der Waals surface area contributed by atoms with Crippen molar-refractivity contribution in [3.05, 3.63) is 0 Å². The number of nitrogens with two attached hydrogens (primary N) is 2. The van der Waals surface area contributed by atoms with Crippen LogP contribution >= 0.6 is 24.8 Å². The van der Waals surface area contributed by atoms with E-state index >= 15 is 0 Å². The second-order valence-electron chi connectivity index (χ2n) is 5.39. The van der Waals surface area contributed by atoms with E-state index in [1.165, 1.54) is 12.8 Å². The van der Waals surface area contributed by atoms with Crippen molar-refractivity contribution >= 4 is 24.8 Å². The summed E-state index contributed by atoms with van der Waals surface area (Å²) in [5, 5.41) is 0. The average molecular weight is 241 g/mol. The van der Waals surface area contributed by atoms with Crippen LogP contribution in [0.15, 0.2) is 0 Å². The molecule has 4 heteroatoms. The first-order valence-electron chi connectivity index (χ1n) is 4.92. The van der Waals surface area contributed by atoms with Crippen molar-refractivity contribution < 1.29 is 0 Å². The fraction of sp³-hybridized carbons (Fsp3) is 1.00. The molecule has 4 N–H and O–H groups in total. The van der Waals surface area contributed by atoms with E-state index < -0.39 is 0 Å². The second kappa shape index (κ2) is 3.82. The van der Waals surface area contributed by atoms with E-state index in [0.29, 0.717) is 11.3 Å². The molecule has 2 aliphatic carbocycles. The van der Waals surface area contributed by atoms with Crippen LogP contribution in [0.5, 0.6) is 0 Å². The van der Waals surface area contributed by atoms with E-state index in [0.717, 1.165) is 0 Å². The number of rotatable bonds is 0. The molecule has 0 aromatic heterocycles. The quantitative estimate of drug-likeness (QED) is 0.681. The van der Waals surface area contributed by atoms with Gasteiger partial charge in [-0.15, -0.1) is 24.8 Å². The maximum absolute atomic E-state index is 6.15. The fourth-order valence-electron chi connectivity index (χ4n) is 3.51. The van der Waals surface area contributed by atoms with E-state index in [9.17, 15) is 0 Å². The van der Waals surface area contributed by atoms with Gasteiger partial charge in [0.05, 0.1) is 0 Å². The average Bonchev–Trinajstić information content (AvgIpc) is 2.26. The lowest BCUT2D eigenvalue weighted by Gasteiger charge is -2.37. The van der Waals surface area contributed by atoms with Crippen molar-refractivity contribution in [1.29, 1.82) is 0 Å². The van der Waals surface area contributed by atoms with E-state index in [1.54, 1.807) is 0 Å². The molecule has 2 aliphatic rings. The van der Waals surface area contributed by atoms with Gasteiger partial charge in [0.15, 0.2) is 0 Å². The van der Waals surface area contributed by atoms with Gasteiger partial charge in [-0.2, -0.15) is 0 Å². The summed E-state index contributed by atoms with van der Waals surface area (Å²) in [7, 11) is 0. The predicted octanol–water partition coefficient (Wildman–Crippen LogP) is 1.94. The van der Waals surface area contributed by atoms with E-state index in [1.807, 2.05) is 0 Å². The minimum absolute atomic E-state index is 0. The largest absolute Gasteiger partial charge is 0.326 e. The van der Waals surface area contributed by atoms with Crippen LogP contribution in [0.1, 0.15) is 33.6 Å². The molecule has 2 rings (SSSR count). The molecule has 2 saturated carbocycles. The SMILES string of the molecule is CC1(C)C2CCC1(C)C(N)C2N.Cl.Cl. The topological polar surface area (TPSA) is 52.0 Å². The molecule has 0 amide bonds. The van der Waals surface area contributed by atoms with Gasteiger partial charge in [-0.3, -0.25) is 0 Å². The first-order valence-corrected chi connectivity index (χ1v) is 4.92. The standard InChI is InChI=1S/C10H20N2.2ClH/c1-9(2)6-4-5-10(9,3)8(12)7(6)11;;/h6-8H,4-5,11-12H2,1-3H3;2*1H. The Bertz CT molecular complexity index is 220. The van der Waals surface area contributed by atoms with Crippen LogP contribution in [-0.4, -0.2) is 12.1 Å². The molecule has 0 spiro atoms. The molecule has 14 heavy (non-hydrogen) atoms. The Morgan fingerprint density at radius 3 is 1.79 bits per heavy atom. The first-order chi connectivity index (χ1) is 5.41. The highest BCUT2D eigenvalue weighted by atomic mass is 35.5. The number of fused-ring (bicyclic) bond motifs is 2. The molecule has 0 aromatic rings. The van der Waals surface area contributed by atoms with Gasteiger partial charge in [0.2, 0.25) is 0 Å². The molecular weight excluding hydrogens is 219 g/mol. The third kappa shape index (κ3) is 1.31. The summed E-state index contributed by atoms with van der Waals surface area (Å²) in [4.78, 5) is 0. The van der Waals surface area contributed by atoms with Gasteiger partial charge >= 0.3 is 0 Å². The summed E-state index contributed by atoms with van der Waals surface area (Å²) < 4.78 is 0. The maximum Gasteiger partial charge on any atom is 0.0255 e. The van der Waals surface area contributed by atoms with Gasteiger partial charge in [-0.25, -0.2) is 0 Å². The van der Waals surface area contributed by atoms with Crippen LogP contribution in [0.2, 0.25) is 0 Å². The summed E-state index contributed by atoms with van der Waals surface area (Å²) in [6, 6.07) is 0.449. The second-order valence-corrected chi connectivity index (χ2v) is 5.39. The van der Waals surface area contributed by atoms with Crippen molar-refractivity contribution in [2.24, 2.45) is 28.2 Å². The molecular formula is C10H22Cl2N2. The minimum atomic E-state index is 0. The van der Waals surface area contributed by atoms with Crippen LogP contribution in [0.3, 0.4) is 0 Å². The Balaban J connectivity index is 0.000000845. The van der Waals surface area contributed by atoms with Gasteiger partial charge in [-0.1, -0.05) is 20.8 Å². The lowest BCUT2D eigenvalue weighted by atomic mass is 9.69. The highest BCUT2D eigenvalue weighted by Gasteiger charge is 2.63. The molecule has 0 saturated heterocycles. The Morgan fingerprint density at radius 1 is 1.07 bits per heavy atom. The third-order valence-corrected chi connectivity index (χ3v) is 4.99. The van der Waals surface area contributed by atoms with Crippen LogP contribution in [0.4, 0.5) is 0 Å². The van der Waals surface area contributed by atoms with Gasteiger partial charge < -0.3 is 11.5 Å². The summed E-state index contributed by atoms with van der Waals surface area (Å²) in [6.07, 6.45) is 2.54. The zero-order valence-corrected chi connectivity index (χ0v) is 10.8. The molecule has 2 fully saturated rings. The Labute approximate surface area is 99.0 Å². The molecule has 2 nitrogen and oxygen atoms in total. The highest BCUT2D eigenvalue weighted by molar-refractivity contribution is 5.85. The Hall–Kier alpha value is 0.500. The maximum atomic E-state index is 6.15. The number of hydrogen-bond donors (Lipinski definition) is 2. The molecule has 4 unspecified atom stereocenters. The zero-order valence-electron chi connectivity index (χ0n) is 9.12. The number of hydrogen-bond acceptors (Lipinski definition) is 2. The third-order valence-electron chi connectivity index (χ3n) is 4.99. The smallest absolute Gasteiger partial charge is 0.0255 e. The zero-order chi connectivity index (χ0) is 9.15. The van der Waals surface area contributed by atoms with E-state index in [4.69, 9.17) is 11.5 Å². The van der Waals surface area contributed by atoms with Crippen LogP contribution in [0.25, 0.3) is 0 Å². The highest BCUT2D eigenvalue weighted by Crippen LogP contribution is 2.64. The monoisotopic (exact) mass is 240 g/mol. The van der Waals surface area contributed by atoms with Crippen molar-refractivity contribution in [3.63, 3.8) is 0 Å². The lowest BCUT2D eigenvalue weighted by molar-refractivity contribution is 0.136. The van der Waals surface area contributed by atoms with Crippen LogP contribution in [-0.2, 0) is 0 Å².